The van der Waals surface area contributed by atoms with E-state index in [4.69, 9.17) is 0 Å². The zero-order valence-electron chi connectivity index (χ0n) is 13.2. The van der Waals surface area contributed by atoms with Gasteiger partial charge in [-0.05, 0) is 18.2 Å². The van der Waals surface area contributed by atoms with Gasteiger partial charge in [0.05, 0.1) is 11.1 Å². The zero-order valence-corrected chi connectivity index (χ0v) is 13.2. The second-order valence-corrected chi connectivity index (χ2v) is 5.71. The molecule has 0 saturated carbocycles. The van der Waals surface area contributed by atoms with Crippen molar-refractivity contribution in [2.75, 3.05) is 31.1 Å². The van der Waals surface area contributed by atoms with Crippen molar-refractivity contribution in [3.8, 4) is 0 Å². The van der Waals surface area contributed by atoms with Crippen LogP contribution in [0.25, 0.3) is 10.9 Å². The number of hydrogen-bond donors (Lipinski definition) is 0. The Labute approximate surface area is 139 Å². The van der Waals surface area contributed by atoms with Gasteiger partial charge in [-0.1, -0.05) is 18.2 Å². The minimum Gasteiger partial charge on any atom is -0.337 e. The van der Waals surface area contributed by atoms with Gasteiger partial charge in [0.25, 0.3) is 5.91 Å². The van der Waals surface area contributed by atoms with Gasteiger partial charge in [-0.15, -0.1) is 0 Å². The highest BCUT2D eigenvalue weighted by molar-refractivity contribution is 6.05. The van der Waals surface area contributed by atoms with Crippen LogP contribution in [0.3, 0.4) is 0 Å². The summed E-state index contributed by atoms with van der Waals surface area (Å²) >= 11 is 0. The summed E-state index contributed by atoms with van der Waals surface area (Å²) in [6.07, 6.45) is 5.20. The third kappa shape index (κ3) is 2.67. The third-order valence-electron chi connectivity index (χ3n) is 4.26. The van der Waals surface area contributed by atoms with Crippen LogP contribution in [0, 0.1) is 0 Å². The van der Waals surface area contributed by atoms with Crippen molar-refractivity contribution in [1.82, 2.24) is 19.9 Å². The fourth-order valence-corrected chi connectivity index (χ4v) is 3.01. The Bertz CT molecular complexity index is 854. The van der Waals surface area contributed by atoms with Gasteiger partial charge in [0.1, 0.15) is 0 Å². The van der Waals surface area contributed by atoms with Crippen molar-refractivity contribution in [3.63, 3.8) is 0 Å². The van der Waals surface area contributed by atoms with Gasteiger partial charge in [-0.2, -0.15) is 0 Å². The minimum atomic E-state index is 0.0351. The van der Waals surface area contributed by atoms with E-state index in [1.165, 1.54) is 0 Å². The molecule has 0 aliphatic carbocycles. The summed E-state index contributed by atoms with van der Waals surface area (Å²) < 4.78 is 0. The summed E-state index contributed by atoms with van der Waals surface area (Å²) in [5, 5.41) is 0.986. The number of nitrogens with zero attached hydrogens (tertiary/aromatic N) is 5. The van der Waals surface area contributed by atoms with Gasteiger partial charge < -0.3 is 9.80 Å². The van der Waals surface area contributed by atoms with Gasteiger partial charge in [-0.3, -0.25) is 9.78 Å². The van der Waals surface area contributed by atoms with Crippen molar-refractivity contribution in [3.05, 3.63) is 60.6 Å². The van der Waals surface area contributed by atoms with Crippen molar-refractivity contribution in [2.45, 2.75) is 0 Å². The smallest absolute Gasteiger partial charge is 0.256 e. The Hall–Kier alpha value is -3.02. The normalized spacial score (nSPS) is 14.8. The lowest BCUT2D eigenvalue weighted by Crippen LogP contribution is -2.49. The first-order chi connectivity index (χ1) is 11.8. The summed E-state index contributed by atoms with van der Waals surface area (Å²) in [6, 6.07) is 11.4. The Morgan fingerprint density at radius 3 is 2.33 bits per heavy atom. The lowest BCUT2D eigenvalue weighted by atomic mass is 10.1. The molecule has 3 aromatic rings. The van der Waals surface area contributed by atoms with Crippen LogP contribution >= 0.6 is 0 Å². The molecule has 3 heterocycles. The number of carbonyl (C=O) groups excluding carboxylic acids is 1. The number of pyridine rings is 1. The molecule has 1 aliphatic rings. The maximum atomic E-state index is 12.9. The maximum Gasteiger partial charge on any atom is 0.256 e. The number of hydrogen-bond acceptors (Lipinski definition) is 5. The van der Waals surface area contributed by atoms with Crippen LogP contribution in [-0.4, -0.2) is 51.9 Å². The summed E-state index contributed by atoms with van der Waals surface area (Å²) in [4.78, 5) is 29.8. The molecule has 4 rings (SSSR count). The van der Waals surface area contributed by atoms with E-state index < -0.39 is 0 Å². The molecule has 0 unspecified atom stereocenters. The molecule has 0 atom stereocenters. The number of carbonyl (C=O) groups is 1. The molecule has 120 valence electrons. The van der Waals surface area contributed by atoms with E-state index in [2.05, 4.69) is 19.9 Å². The molecule has 1 amide bonds. The van der Waals surface area contributed by atoms with Crippen molar-refractivity contribution in [1.29, 1.82) is 0 Å². The molecule has 0 bridgehead atoms. The fraction of sp³-hybridized carbons (Fsp3) is 0.222. The van der Waals surface area contributed by atoms with E-state index in [9.17, 15) is 4.79 Å². The lowest BCUT2D eigenvalue weighted by Gasteiger charge is -2.34. The van der Waals surface area contributed by atoms with E-state index in [1.807, 2.05) is 35.2 Å². The first kappa shape index (κ1) is 14.6. The quantitative estimate of drug-likeness (QED) is 0.723. The van der Waals surface area contributed by atoms with Crippen LogP contribution in [0.4, 0.5) is 5.95 Å². The Kier molecular flexibility index (Phi) is 3.78. The number of benzene rings is 1. The maximum absolute atomic E-state index is 12.9. The summed E-state index contributed by atoms with van der Waals surface area (Å²) in [7, 11) is 0. The predicted molar refractivity (Wildman–Crippen MR) is 91.9 cm³/mol. The standard InChI is InChI=1S/C18H17N5O/c24-17(15-6-1-4-14-5-2-7-19-16(14)15)22-10-12-23(13-11-22)18-20-8-3-9-21-18/h1-9H,10-13H2. The number of rotatable bonds is 2. The molecule has 0 radical (unpaired) electrons. The van der Waals surface area contributed by atoms with Crippen LogP contribution in [0.1, 0.15) is 10.4 Å². The highest BCUT2D eigenvalue weighted by Gasteiger charge is 2.24. The number of fused-ring (bicyclic) bond motifs is 1. The lowest BCUT2D eigenvalue weighted by molar-refractivity contribution is 0.0748. The minimum absolute atomic E-state index is 0.0351. The Morgan fingerprint density at radius 2 is 1.54 bits per heavy atom. The molecule has 1 aromatic carbocycles. The van der Waals surface area contributed by atoms with E-state index in [0.29, 0.717) is 18.7 Å². The molecule has 24 heavy (non-hydrogen) atoms. The number of para-hydroxylation sites is 1. The number of piperazine rings is 1. The van der Waals surface area contributed by atoms with Crippen molar-refractivity contribution >= 4 is 22.8 Å². The fourth-order valence-electron chi connectivity index (χ4n) is 3.01. The molecule has 1 saturated heterocycles. The molecule has 1 aliphatic heterocycles. The highest BCUT2D eigenvalue weighted by atomic mass is 16.2. The van der Waals surface area contributed by atoms with Crippen LogP contribution in [0.5, 0.6) is 0 Å². The molecule has 6 nitrogen and oxygen atoms in total. The van der Waals surface area contributed by atoms with Crippen LogP contribution in [0.2, 0.25) is 0 Å². The number of aromatic nitrogens is 3. The topological polar surface area (TPSA) is 62.2 Å². The SMILES string of the molecule is O=C(c1cccc2cccnc12)N1CCN(c2ncccn2)CC1. The Balaban J connectivity index is 1.52. The van der Waals surface area contributed by atoms with E-state index >= 15 is 0 Å². The molecule has 0 spiro atoms. The average molecular weight is 319 g/mol. The first-order valence-electron chi connectivity index (χ1n) is 7.98. The number of amides is 1. The highest BCUT2D eigenvalue weighted by Crippen LogP contribution is 2.19. The van der Waals surface area contributed by atoms with Crippen LogP contribution < -0.4 is 4.90 Å². The van der Waals surface area contributed by atoms with Crippen molar-refractivity contribution in [2.24, 2.45) is 0 Å². The van der Waals surface area contributed by atoms with Gasteiger partial charge in [0.2, 0.25) is 5.95 Å². The molecule has 6 heteroatoms. The summed E-state index contributed by atoms with van der Waals surface area (Å²) in [5.41, 5.74) is 1.43. The monoisotopic (exact) mass is 319 g/mol. The predicted octanol–water partition coefficient (Wildman–Crippen LogP) is 1.99. The van der Waals surface area contributed by atoms with E-state index in [1.54, 1.807) is 24.7 Å². The van der Waals surface area contributed by atoms with Gasteiger partial charge in [-0.25, -0.2) is 9.97 Å². The first-order valence-corrected chi connectivity index (χ1v) is 7.98. The molecule has 2 aromatic heterocycles. The second-order valence-electron chi connectivity index (χ2n) is 5.71. The number of anilines is 1. The largest absolute Gasteiger partial charge is 0.337 e. The van der Waals surface area contributed by atoms with Crippen LogP contribution in [-0.2, 0) is 0 Å². The second kappa shape index (κ2) is 6.23. The zero-order chi connectivity index (χ0) is 16.4. The average Bonchev–Trinajstić information content (AvgIpc) is 2.68. The van der Waals surface area contributed by atoms with Gasteiger partial charge in [0.15, 0.2) is 0 Å². The summed E-state index contributed by atoms with van der Waals surface area (Å²) in [6.45, 7) is 2.77. The molecular weight excluding hydrogens is 302 g/mol. The van der Waals surface area contributed by atoms with E-state index in [-0.39, 0.29) is 5.91 Å². The van der Waals surface area contributed by atoms with Crippen LogP contribution in [0.15, 0.2) is 55.0 Å². The Morgan fingerprint density at radius 1 is 0.833 bits per heavy atom. The third-order valence-corrected chi connectivity index (χ3v) is 4.26. The molecular formula is C18H17N5O. The van der Waals surface area contributed by atoms with Gasteiger partial charge >= 0.3 is 0 Å². The van der Waals surface area contributed by atoms with Crippen molar-refractivity contribution < 1.29 is 4.79 Å². The molecule has 0 N–H and O–H groups in total. The summed E-state index contributed by atoms with van der Waals surface area (Å²) in [5.74, 6) is 0.754. The van der Waals surface area contributed by atoms with Gasteiger partial charge in [0, 0.05) is 50.2 Å². The molecule has 1 fully saturated rings. The van der Waals surface area contributed by atoms with E-state index in [0.717, 1.165) is 29.9 Å².